The second kappa shape index (κ2) is 8.02. The summed E-state index contributed by atoms with van der Waals surface area (Å²) in [7, 11) is 0. The van der Waals surface area contributed by atoms with E-state index in [9.17, 15) is 9.59 Å². The van der Waals surface area contributed by atoms with Crippen molar-refractivity contribution in [1.82, 2.24) is 4.98 Å². The molecule has 3 aromatic rings. The molecule has 0 radical (unpaired) electrons. The summed E-state index contributed by atoms with van der Waals surface area (Å²) in [5.74, 6) is 0.758. The number of halogens is 2. The van der Waals surface area contributed by atoms with Gasteiger partial charge in [0.05, 0.1) is 22.0 Å². The van der Waals surface area contributed by atoms with E-state index >= 15 is 0 Å². The van der Waals surface area contributed by atoms with E-state index in [4.69, 9.17) is 27.9 Å². The first-order valence-electron chi connectivity index (χ1n) is 10.6. The zero-order valence-electron chi connectivity index (χ0n) is 17.6. The number of rotatable bonds is 4. The van der Waals surface area contributed by atoms with E-state index in [-0.39, 0.29) is 23.6 Å². The quantitative estimate of drug-likeness (QED) is 0.403. The van der Waals surface area contributed by atoms with Crippen molar-refractivity contribution in [3.63, 3.8) is 0 Å². The van der Waals surface area contributed by atoms with Gasteiger partial charge in [0, 0.05) is 29.9 Å². The molecule has 1 aliphatic heterocycles. The monoisotopic (exact) mass is 465 g/mol. The van der Waals surface area contributed by atoms with Crippen LogP contribution in [0.15, 0.2) is 48.8 Å². The number of aryl methyl sites for hydroxylation is 1. The van der Waals surface area contributed by atoms with Crippen molar-refractivity contribution in [2.45, 2.75) is 44.6 Å². The molecule has 5 rings (SSSR count). The molecule has 1 spiro atoms. The molecule has 0 N–H and O–H groups in total. The highest BCUT2D eigenvalue weighted by Crippen LogP contribution is 2.46. The van der Waals surface area contributed by atoms with Crippen LogP contribution in [0.4, 0.5) is 0 Å². The molecule has 1 aliphatic carbocycles. The van der Waals surface area contributed by atoms with Crippen LogP contribution in [0.5, 0.6) is 5.75 Å². The smallest absolute Gasteiger partial charge is 0.170 e. The molecule has 6 heteroatoms. The van der Waals surface area contributed by atoms with Crippen LogP contribution in [-0.4, -0.2) is 22.2 Å². The lowest BCUT2D eigenvalue weighted by Crippen LogP contribution is -2.47. The summed E-state index contributed by atoms with van der Waals surface area (Å²) in [5.41, 5.74) is 4.48. The first-order valence-corrected chi connectivity index (χ1v) is 11.4. The summed E-state index contributed by atoms with van der Waals surface area (Å²) in [4.78, 5) is 29.4. The molecular weight excluding hydrogens is 445 g/mol. The fraction of sp³-hybridized carbons (Fsp3) is 0.269. The number of nitrogens with zero attached hydrogens (tertiary/aromatic N) is 1. The van der Waals surface area contributed by atoms with E-state index in [1.807, 2.05) is 31.2 Å². The SMILES string of the molecule is Cc1cc2c(cc1-c1ccc(C(=O)Cc3c(Cl)cncc3Cl)cc1)OC1(CCC1)CC2=O. The molecule has 0 saturated heterocycles. The van der Waals surface area contributed by atoms with Gasteiger partial charge in [0.2, 0.25) is 0 Å². The van der Waals surface area contributed by atoms with Gasteiger partial charge in [-0.2, -0.15) is 0 Å². The number of ether oxygens (including phenoxy) is 1. The van der Waals surface area contributed by atoms with Gasteiger partial charge in [-0.25, -0.2) is 0 Å². The number of ketones is 2. The van der Waals surface area contributed by atoms with Gasteiger partial charge in [0.1, 0.15) is 11.4 Å². The molecule has 0 unspecified atom stereocenters. The average molecular weight is 466 g/mol. The zero-order chi connectivity index (χ0) is 22.5. The van der Waals surface area contributed by atoms with Crippen molar-refractivity contribution in [1.29, 1.82) is 0 Å². The summed E-state index contributed by atoms with van der Waals surface area (Å²) >= 11 is 12.3. The first-order chi connectivity index (χ1) is 15.3. The van der Waals surface area contributed by atoms with Crippen LogP contribution < -0.4 is 4.74 Å². The Morgan fingerprint density at radius 1 is 1.06 bits per heavy atom. The van der Waals surface area contributed by atoms with E-state index < -0.39 is 0 Å². The van der Waals surface area contributed by atoms with Crippen LogP contribution in [0.1, 0.15) is 57.5 Å². The van der Waals surface area contributed by atoms with Crippen molar-refractivity contribution in [3.8, 4) is 16.9 Å². The summed E-state index contributed by atoms with van der Waals surface area (Å²) in [6.07, 6.45) is 6.52. The number of Topliss-reactive ketones (excluding diaryl/α,β-unsaturated/α-hetero) is 2. The number of carbonyl (C=O) groups excluding carboxylic acids is 2. The predicted octanol–water partition coefficient (Wildman–Crippen LogP) is 6.68. The fourth-order valence-electron chi connectivity index (χ4n) is 4.51. The van der Waals surface area contributed by atoms with E-state index in [2.05, 4.69) is 4.98 Å². The Bertz CT molecular complexity index is 1230. The van der Waals surface area contributed by atoms with Gasteiger partial charge in [-0.3, -0.25) is 14.6 Å². The molecule has 1 fully saturated rings. The Kier molecular flexibility index (Phi) is 5.31. The zero-order valence-corrected chi connectivity index (χ0v) is 19.1. The summed E-state index contributed by atoms with van der Waals surface area (Å²) in [6.45, 7) is 1.99. The molecule has 1 aromatic heterocycles. The molecule has 1 saturated carbocycles. The number of aromatic nitrogens is 1. The predicted molar refractivity (Wildman–Crippen MR) is 125 cm³/mol. The second-order valence-electron chi connectivity index (χ2n) is 8.66. The third-order valence-corrected chi connectivity index (χ3v) is 7.16. The van der Waals surface area contributed by atoms with E-state index in [1.165, 1.54) is 12.4 Å². The number of hydrogen-bond donors (Lipinski definition) is 0. The van der Waals surface area contributed by atoms with Crippen molar-refractivity contribution in [2.24, 2.45) is 0 Å². The van der Waals surface area contributed by atoms with Crippen molar-refractivity contribution in [3.05, 3.63) is 81.1 Å². The van der Waals surface area contributed by atoms with Crippen molar-refractivity contribution in [2.75, 3.05) is 0 Å². The van der Waals surface area contributed by atoms with E-state index in [0.29, 0.717) is 38.9 Å². The minimum atomic E-state index is -0.303. The lowest BCUT2D eigenvalue weighted by atomic mass is 9.74. The largest absolute Gasteiger partial charge is 0.486 e. The Morgan fingerprint density at radius 2 is 1.75 bits per heavy atom. The van der Waals surface area contributed by atoms with Crippen LogP contribution in [0.3, 0.4) is 0 Å². The Morgan fingerprint density at radius 3 is 2.38 bits per heavy atom. The molecule has 0 bridgehead atoms. The third-order valence-electron chi connectivity index (χ3n) is 6.51. The van der Waals surface area contributed by atoms with Gasteiger partial charge in [-0.05, 0) is 55.0 Å². The van der Waals surface area contributed by atoms with E-state index in [1.54, 1.807) is 12.1 Å². The normalized spacial score (nSPS) is 16.3. The fourth-order valence-corrected chi connectivity index (χ4v) is 5.01. The Balaban J connectivity index is 1.41. The number of fused-ring (bicyclic) bond motifs is 1. The maximum Gasteiger partial charge on any atom is 0.170 e. The van der Waals surface area contributed by atoms with Crippen LogP contribution in [0.25, 0.3) is 11.1 Å². The van der Waals surface area contributed by atoms with Gasteiger partial charge in [0.25, 0.3) is 0 Å². The Labute approximate surface area is 196 Å². The van der Waals surface area contributed by atoms with Crippen molar-refractivity contribution >= 4 is 34.8 Å². The topological polar surface area (TPSA) is 56.3 Å². The lowest BCUT2D eigenvalue weighted by molar-refractivity contribution is -0.0177. The van der Waals surface area contributed by atoms with Crippen LogP contribution in [-0.2, 0) is 6.42 Å². The first kappa shape index (κ1) is 21.2. The van der Waals surface area contributed by atoms with Gasteiger partial charge < -0.3 is 4.74 Å². The van der Waals surface area contributed by atoms with Crippen LogP contribution >= 0.6 is 23.2 Å². The average Bonchev–Trinajstić information content (AvgIpc) is 2.75. The highest BCUT2D eigenvalue weighted by atomic mass is 35.5. The molecule has 2 aliphatic rings. The summed E-state index contributed by atoms with van der Waals surface area (Å²) < 4.78 is 6.29. The second-order valence-corrected chi connectivity index (χ2v) is 9.48. The highest BCUT2D eigenvalue weighted by molar-refractivity contribution is 6.36. The number of hydrogen-bond acceptors (Lipinski definition) is 4. The molecule has 2 aromatic carbocycles. The third kappa shape index (κ3) is 3.72. The molecule has 162 valence electrons. The molecule has 2 heterocycles. The van der Waals surface area contributed by atoms with Gasteiger partial charge >= 0.3 is 0 Å². The standard InChI is InChI=1S/C26H21Cl2NO3/c1-15-9-20-24(31)12-26(7-2-8-26)32-25(20)11-18(15)16-3-5-17(6-4-16)23(30)10-19-21(27)13-29-14-22(19)28/h3-6,9,11,13-14H,2,7-8,10,12H2,1H3. The number of carbonyl (C=O) groups is 2. The van der Waals surface area contributed by atoms with Gasteiger partial charge in [0.15, 0.2) is 11.6 Å². The number of benzene rings is 2. The molecular formula is C26H21Cl2NO3. The summed E-state index contributed by atoms with van der Waals surface area (Å²) in [5, 5.41) is 0.761. The highest BCUT2D eigenvalue weighted by Gasteiger charge is 2.45. The molecule has 4 nitrogen and oxygen atoms in total. The van der Waals surface area contributed by atoms with E-state index in [0.717, 1.165) is 36.0 Å². The van der Waals surface area contributed by atoms with Crippen LogP contribution in [0.2, 0.25) is 10.0 Å². The molecule has 0 amide bonds. The maximum absolute atomic E-state index is 12.8. The van der Waals surface area contributed by atoms with Crippen molar-refractivity contribution < 1.29 is 14.3 Å². The maximum atomic E-state index is 12.8. The molecule has 0 atom stereocenters. The summed E-state index contributed by atoms with van der Waals surface area (Å²) in [6, 6.07) is 11.3. The minimum Gasteiger partial charge on any atom is -0.486 e. The number of pyridine rings is 1. The van der Waals surface area contributed by atoms with Crippen LogP contribution in [0, 0.1) is 6.92 Å². The Hall–Kier alpha value is -2.69. The minimum absolute atomic E-state index is 0.0745. The molecule has 32 heavy (non-hydrogen) atoms. The van der Waals surface area contributed by atoms with Gasteiger partial charge in [-0.1, -0.05) is 47.5 Å². The lowest BCUT2D eigenvalue weighted by Gasteiger charge is -2.44. The van der Waals surface area contributed by atoms with Gasteiger partial charge in [-0.15, -0.1) is 0 Å².